The molecule has 2 rings (SSSR count). The number of hydrogen-bond acceptors (Lipinski definition) is 4. The number of rotatable bonds is 4. The van der Waals surface area contributed by atoms with E-state index in [2.05, 4.69) is 15.6 Å². The second kappa shape index (κ2) is 5.51. The molecule has 1 heterocycles. The van der Waals surface area contributed by atoms with Crippen molar-refractivity contribution < 1.29 is 4.79 Å². The van der Waals surface area contributed by atoms with Gasteiger partial charge in [-0.2, -0.15) is 0 Å². The van der Waals surface area contributed by atoms with Crippen LogP contribution in [0.1, 0.15) is 21.5 Å². The molecule has 0 unspecified atom stereocenters. The van der Waals surface area contributed by atoms with E-state index in [0.29, 0.717) is 24.3 Å². The molecule has 0 saturated carbocycles. The second-order valence-electron chi connectivity index (χ2n) is 4.45. The summed E-state index contributed by atoms with van der Waals surface area (Å²) in [4.78, 5) is 12.0. The Morgan fingerprint density at radius 1 is 1.37 bits per heavy atom. The third-order valence-corrected chi connectivity index (χ3v) is 2.96. The van der Waals surface area contributed by atoms with E-state index in [9.17, 15) is 4.79 Å². The van der Waals surface area contributed by atoms with Gasteiger partial charge in [0.2, 0.25) is 0 Å². The number of amides is 1. The van der Waals surface area contributed by atoms with Gasteiger partial charge in [-0.3, -0.25) is 9.48 Å². The number of carbonyl (C=O) groups excluding carboxylic acids is 1. The number of nitrogens with zero attached hydrogens (tertiary/aromatic N) is 3. The first-order valence-electron chi connectivity index (χ1n) is 6.07. The molecule has 2 aromatic rings. The van der Waals surface area contributed by atoms with Crippen molar-refractivity contribution in [3.63, 3.8) is 0 Å². The summed E-state index contributed by atoms with van der Waals surface area (Å²) in [6.45, 7) is 4.91. The highest BCUT2D eigenvalue weighted by molar-refractivity contribution is 5.96. The van der Waals surface area contributed by atoms with Gasteiger partial charge in [0, 0.05) is 24.0 Å². The van der Waals surface area contributed by atoms with Crippen molar-refractivity contribution in [3.8, 4) is 0 Å². The lowest BCUT2D eigenvalue weighted by atomic mass is 10.0. The van der Waals surface area contributed by atoms with Crippen molar-refractivity contribution in [2.45, 2.75) is 20.4 Å². The van der Waals surface area contributed by atoms with Gasteiger partial charge >= 0.3 is 0 Å². The zero-order valence-corrected chi connectivity index (χ0v) is 11.1. The van der Waals surface area contributed by atoms with Crippen molar-refractivity contribution in [3.05, 3.63) is 41.2 Å². The zero-order chi connectivity index (χ0) is 13.8. The molecule has 0 radical (unpaired) electrons. The molecule has 3 N–H and O–H groups in total. The van der Waals surface area contributed by atoms with E-state index in [1.165, 1.54) is 0 Å². The van der Waals surface area contributed by atoms with Gasteiger partial charge in [-0.25, -0.2) is 0 Å². The Bertz CT molecular complexity index is 577. The van der Waals surface area contributed by atoms with E-state index in [0.717, 1.165) is 11.1 Å². The van der Waals surface area contributed by atoms with Crippen molar-refractivity contribution in [2.75, 3.05) is 12.3 Å². The highest BCUT2D eigenvalue weighted by Crippen LogP contribution is 2.17. The lowest BCUT2D eigenvalue weighted by Gasteiger charge is -2.10. The van der Waals surface area contributed by atoms with E-state index >= 15 is 0 Å². The van der Waals surface area contributed by atoms with E-state index < -0.39 is 0 Å². The molecule has 0 aliphatic heterocycles. The number of nitrogens with one attached hydrogen (secondary N) is 1. The molecule has 0 aliphatic rings. The summed E-state index contributed by atoms with van der Waals surface area (Å²) in [6.07, 6.45) is 3.36. The van der Waals surface area contributed by atoms with Crippen LogP contribution in [0.15, 0.2) is 24.5 Å². The molecule has 0 fully saturated rings. The van der Waals surface area contributed by atoms with Crippen LogP contribution in [0.25, 0.3) is 0 Å². The first kappa shape index (κ1) is 13.1. The molecule has 0 aliphatic carbocycles. The van der Waals surface area contributed by atoms with Gasteiger partial charge in [0.15, 0.2) is 0 Å². The Labute approximate surface area is 111 Å². The summed E-state index contributed by atoms with van der Waals surface area (Å²) in [5, 5.41) is 10.4. The van der Waals surface area contributed by atoms with Gasteiger partial charge in [-0.1, -0.05) is 11.3 Å². The maximum Gasteiger partial charge on any atom is 0.251 e. The van der Waals surface area contributed by atoms with E-state index in [-0.39, 0.29) is 5.91 Å². The minimum absolute atomic E-state index is 0.121. The third-order valence-electron chi connectivity index (χ3n) is 2.96. The van der Waals surface area contributed by atoms with Crippen molar-refractivity contribution in [2.24, 2.45) is 0 Å². The Balaban J connectivity index is 1.98. The van der Waals surface area contributed by atoms with E-state index in [1.807, 2.05) is 19.9 Å². The smallest absolute Gasteiger partial charge is 0.251 e. The van der Waals surface area contributed by atoms with E-state index in [1.54, 1.807) is 23.1 Å². The van der Waals surface area contributed by atoms with E-state index in [4.69, 9.17) is 5.73 Å². The summed E-state index contributed by atoms with van der Waals surface area (Å²) in [6, 6.07) is 3.64. The molecule has 0 saturated heterocycles. The average molecular weight is 259 g/mol. The summed E-state index contributed by atoms with van der Waals surface area (Å²) in [7, 11) is 0. The molecule has 0 bridgehead atoms. The first-order chi connectivity index (χ1) is 9.08. The molecule has 1 aromatic carbocycles. The maximum absolute atomic E-state index is 12.0. The normalized spacial score (nSPS) is 10.4. The van der Waals surface area contributed by atoms with Gasteiger partial charge in [0.1, 0.15) is 0 Å². The molecule has 0 atom stereocenters. The summed E-state index contributed by atoms with van der Waals surface area (Å²) < 4.78 is 1.66. The fourth-order valence-electron chi connectivity index (χ4n) is 1.84. The fourth-order valence-corrected chi connectivity index (χ4v) is 1.84. The Kier molecular flexibility index (Phi) is 3.79. The second-order valence-corrected chi connectivity index (χ2v) is 4.45. The average Bonchev–Trinajstić information content (AvgIpc) is 2.86. The van der Waals surface area contributed by atoms with Crippen molar-refractivity contribution in [1.29, 1.82) is 0 Å². The largest absolute Gasteiger partial charge is 0.398 e. The molecule has 19 heavy (non-hydrogen) atoms. The van der Waals surface area contributed by atoms with Crippen LogP contribution in [0, 0.1) is 13.8 Å². The van der Waals surface area contributed by atoms with Crippen LogP contribution >= 0.6 is 0 Å². The van der Waals surface area contributed by atoms with Crippen molar-refractivity contribution >= 4 is 11.6 Å². The number of aromatic nitrogens is 3. The number of nitrogens with two attached hydrogens (primary N) is 1. The van der Waals surface area contributed by atoms with Gasteiger partial charge in [-0.15, -0.1) is 5.10 Å². The SMILES string of the molecule is Cc1cc(C)c(C(=O)NCCn2ccnn2)cc1N. The number of hydrogen-bond donors (Lipinski definition) is 2. The van der Waals surface area contributed by atoms with Gasteiger partial charge in [0.05, 0.1) is 12.7 Å². The topological polar surface area (TPSA) is 85.8 Å². The lowest BCUT2D eigenvalue weighted by molar-refractivity contribution is 0.0951. The van der Waals surface area contributed by atoms with Crippen molar-refractivity contribution in [1.82, 2.24) is 20.3 Å². The van der Waals surface area contributed by atoms with Gasteiger partial charge in [0.25, 0.3) is 5.91 Å². The van der Waals surface area contributed by atoms with Gasteiger partial charge in [-0.05, 0) is 31.0 Å². The molecule has 6 nitrogen and oxygen atoms in total. The van der Waals surface area contributed by atoms with Crippen LogP contribution in [-0.4, -0.2) is 27.4 Å². The number of carbonyl (C=O) groups is 1. The predicted octanol–water partition coefficient (Wildman–Crippen LogP) is 0.907. The number of benzene rings is 1. The highest BCUT2D eigenvalue weighted by atomic mass is 16.1. The van der Waals surface area contributed by atoms with Crippen LogP contribution in [-0.2, 0) is 6.54 Å². The Morgan fingerprint density at radius 2 is 2.16 bits per heavy atom. The molecule has 1 amide bonds. The molecular formula is C13H17N5O. The lowest BCUT2D eigenvalue weighted by Crippen LogP contribution is -2.28. The monoisotopic (exact) mass is 259 g/mol. The minimum Gasteiger partial charge on any atom is -0.398 e. The number of nitrogen functional groups attached to an aromatic ring is 1. The predicted molar refractivity (Wildman–Crippen MR) is 72.7 cm³/mol. The van der Waals surface area contributed by atoms with Crippen LogP contribution in [0.3, 0.4) is 0 Å². The summed E-state index contributed by atoms with van der Waals surface area (Å²) in [5.41, 5.74) is 8.98. The summed E-state index contributed by atoms with van der Waals surface area (Å²) >= 11 is 0. The first-order valence-corrected chi connectivity index (χ1v) is 6.07. The molecule has 1 aromatic heterocycles. The number of aryl methyl sites for hydroxylation is 2. The molecular weight excluding hydrogens is 242 g/mol. The van der Waals surface area contributed by atoms with Crippen LogP contribution in [0.4, 0.5) is 5.69 Å². The highest BCUT2D eigenvalue weighted by Gasteiger charge is 2.10. The fraction of sp³-hybridized carbons (Fsp3) is 0.308. The van der Waals surface area contributed by atoms with Crippen LogP contribution < -0.4 is 11.1 Å². The maximum atomic E-state index is 12.0. The Hall–Kier alpha value is -2.37. The minimum atomic E-state index is -0.121. The number of anilines is 1. The van der Waals surface area contributed by atoms with Crippen LogP contribution in [0.5, 0.6) is 0 Å². The van der Waals surface area contributed by atoms with Gasteiger partial charge < -0.3 is 11.1 Å². The van der Waals surface area contributed by atoms with Crippen LogP contribution in [0.2, 0.25) is 0 Å². The molecule has 100 valence electrons. The zero-order valence-electron chi connectivity index (χ0n) is 11.1. The molecule has 6 heteroatoms. The quantitative estimate of drug-likeness (QED) is 0.799. The Morgan fingerprint density at radius 3 is 2.84 bits per heavy atom. The summed E-state index contributed by atoms with van der Waals surface area (Å²) in [5.74, 6) is -0.121. The third kappa shape index (κ3) is 3.09. The molecule has 0 spiro atoms. The standard InChI is InChI=1S/C13H17N5O/c1-9-7-10(2)12(14)8-11(9)13(19)15-3-5-18-6-4-16-17-18/h4,6-8H,3,5,14H2,1-2H3,(H,15,19).